The Bertz CT molecular complexity index is 58.6. The molecule has 70 valence electrons. The summed E-state index contributed by atoms with van der Waals surface area (Å²) < 4.78 is 0. The van der Waals surface area contributed by atoms with E-state index in [-0.39, 0.29) is 6.10 Å². The summed E-state index contributed by atoms with van der Waals surface area (Å²) >= 11 is 0. The van der Waals surface area contributed by atoms with Gasteiger partial charge in [0.2, 0.25) is 0 Å². The number of hydrogen-bond donors (Lipinski definition) is 2. The minimum atomic E-state index is -0.0648. The highest BCUT2D eigenvalue weighted by atomic mass is 16.3. The molecule has 2 heteroatoms. The number of aliphatic hydroxyl groups excluding tert-OH is 2. The molecule has 0 bridgehead atoms. The Morgan fingerprint density at radius 3 is 1.36 bits per heavy atom. The zero-order valence-corrected chi connectivity index (χ0v) is 8.17. The van der Waals surface area contributed by atoms with Crippen LogP contribution in [0.5, 0.6) is 0 Å². The molecule has 0 unspecified atom stereocenters. The van der Waals surface area contributed by atoms with Crippen molar-refractivity contribution in [3.63, 3.8) is 0 Å². The van der Waals surface area contributed by atoms with Crippen LogP contribution in [0.15, 0.2) is 0 Å². The topological polar surface area (TPSA) is 40.5 Å². The molecule has 0 amide bonds. The van der Waals surface area contributed by atoms with E-state index in [2.05, 4.69) is 0 Å². The summed E-state index contributed by atoms with van der Waals surface area (Å²) in [6.07, 6.45) is 1.71. The van der Waals surface area contributed by atoms with Gasteiger partial charge in [0.25, 0.3) is 0 Å². The second-order valence-electron chi connectivity index (χ2n) is 3.05. The molecule has 2 nitrogen and oxygen atoms in total. The van der Waals surface area contributed by atoms with E-state index in [1.807, 2.05) is 27.7 Å². The molecule has 0 saturated heterocycles. The molecule has 0 fully saturated rings. The van der Waals surface area contributed by atoms with Crippen LogP contribution in [0.1, 0.15) is 40.5 Å². The predicted molar refractivity (Wildman–Crippen MR) is 48.5 cm³/mol. The van der Waals surface area contributed by atoms with E-state index in [1.54, 1.807) is 0 Å². The third kappa shape index (κ3) is 17.8. The monoisotopic (exact) mass is 162 g/mol. The molecular formula is C9H22O2. The van der Waals surface area contributed by atoms with Crippen LogP contribution in [0.25, 0.3) is 0 Å². The Hall–Kier alpha value is -0.0800. The maximum Gasteiger partial charge on any atom is 0.0535 e. The first-order chi connectivity index (χ1) is 5.08. The molecule has 0 aromatic heterocycles. The van der Waals surface area contributed by atoms with E-state index in [1.165, 1.54) is 0 Å². The van der Waals surface area contributed by atoms with Gasteiger partial charge in [-0.05, 0) is 18.8 Å². The summed E-state index contributed by atoms with van der Waals surface area (Å²) in [7, 11) is 0. The van der Waals surface area contributed by atoms with Crippen molar-refractivity contribution in [1.29, 1.82) is 0 Å². The van der Waals surface area contributed by atoms with Crippen molar-refractivity contribution in [2.24, 2.45) is 5.92 Å². The average Bonchev–Trinajstić information content (AvgIpc) is 2.04. The van der Waals surface area contributed by atoms with Gasteiger partial charge < -0.3 is 10.2 Å². The minimum Gasteiger partial charge on any atom is -0.396 e. The fourth-order valence-corrected chi connectivity index (χ4v) is 0.289. The van der Waals surface area contributed by atoms with E-state index in [0.29, 0.717) is 12.5 Å². The number of rotatable bonds is 3. The molecule has 0 aromatic rings. The molecule has 0 saturated carbocycles. The zero-order chi connectivity index (χ0) is 9.28. The van der Waals surface area contributed by atoms with Gasteiger partial charge in [-0.3, -0.25) is 0 Å². The molecule has 0 heterocycles. The van der Waals surface area contributed by atoms with Gasteiger partial charge in [-0.15, -0.1) is 0 Å². The van der Waals surface area contributed by atoms with E-state index in [0.717, 1.165) is 12.8 Å². The maximum atomic E-state index is 8.67. The highest BCUT2D eigenvalue weighted by Gasteiger charge is 1.90. The van der Waals surface area contributed by atoms with E-state index in [4.69, 9.17) is 10.2 Å². The summed E-state index contributed by atoms with van der Waals surface area (Å²) in [6, 6.07) is 0. The molecule has 0 rings (SSSR count). The van der Waals surface area contributed by atoms with Gasteiger partial charge in [-0.1, -0.05) is 27.7 Å². The summed E-state index contributed by atoms with van der Waals surface area (Å²) in [5.74, 6) is 0.440. The first kappa shape index (κ1) is 13.5. The van der Waals surface area contributed by atoms with Crippen molar-refractivity contribution in [2.75, 3.05) is 6.61 Å². The van der Waals surface area contributed by atoms with Gasteiger partial charge in [0, 0.05) is 6.61 Å². The second kappa shape index (κ2) is 9.92. The SMILES string of the molecule is CC(C)CO.CCC(O)CC. The molecule has 0 spiro atoms. The van der Waals surface area contributed by atoms with Crippen LogP contribution in [-0.2, 0) is 0 Å². The first-order valence-corrected chi connectivity index (χ1v) is 4.37. The van der Waals surface area contributed by atoms with Crippen LogP contribution < -0.4 is 0 Å². The van der Waals surface area contributed by atoms with Crippen molar-refractivity contribution < 1.29 is 10.2 Å². The van der Waals surface area contributed by atoms with E-state index < -0.39 is 0 Å². The van der Waals surface area contributed by atoms with Crippen molar-refractivity contribution in [3.05, 3.63) is 0 Å². The Balaban J connectivity index is 0. The zero-order valence-electron chi connectivity index (χ0n) is 8.17. The van der Waals surface area contributed by atoms with Crippen LogP contribution in [-0.4, -0.2) is 22.9 Å². The van der Waals surface area contributed by atoms with Gasteiger partial charge >= 0.3 is 0 Å². The molecule has 0 atom stereocenters. The number of hydrogen-bond acceptors (Lipinski definition) is 2. The lowest BCUT2D eigenvalue weighted by molar-refractivity contribution is 0.166. The molecule has 2 N–H and O–H groups in total. The average molecular weight is 162 g/mol. The lowest BCUT2D eigenvalue weighted by atomic mass is 10.2. The second-order valence-corrected chi connectivity index (χ2v) is 3.05. The molecule has 11 heavy (non-hydrogen) atoms. The van der Waals surface area contributed by atoms with Crippen LogP contribution in [0, 0.1) is 5.92 Å². The van der Waals surface area contributed by atoms with Crippen LogP contribution >= 0.6 is 0 Å². The Labute approximate surface area is 70.3 Å². The quantitative estimate of drug-likeness (QED) is 0.664. The summed E-state index contributed by atoms with van der Waals surface area (Å²) in [6.45, 7) is 8.21. The molecular weight excluding hydrogens is 140 g/mol. The fraction of sp³-hybridized carbons (Fsp3) is 1.00. The highest BCUT2D eigenvalue weighted by Crippen LogP contribution is 1.92. The van der Waals surface area contributed by atoms with Gasteiger partial charge in [0.15, 0.2) is 0 Å². The molecule has 0 aromatic carbocycles. The molecule has 0 aliphatic carbocycles. The Morgan fingerprint density at radius 2 is 1.36 bits per heavy atom. The highest BCUT2D eigenvalue weighted by molar-refractivity contribution is 4.43. The van der Waals surface area contributed by atoms with Crippen molar-refractivity contribution in [3.8, 4) is 0 Å². The normalized spacial score (nSPS) is 9.82. The summed E-state index contributed by atoms with van der Waals surface area (Å²) in [5, 5.41) is 16.8. The van der Waals surface area contributed by atoms with Gasteiger partial charge in [-0.2, -0.15) is 0 Å². The standard InChI is InChI=1S/C5H12O.C4H10O/c1-3-5(6)4-2;1-4(2)3-5/h5-6H,3-4H2,1-2H3;4-5H,3H2,1-2H3. The first-order valence-electron chi connectivity index (χ1n) is 4.37. The smallest absolute Gasteiger partial charge is 0.0535 e. The summed E-state index contributed by atoms with van der Waals surface area (Å²) in [5.41, 5.74) is 0. The maximum absolute atomic E-state index is 8.67. The van der Waals surface area contributed by atoms with Crippen molar-refractivity contribution in [2.45, 2.75) is 46.6 Å². The van der Waals surface area contributed by atoms with Gasteiger partial charge in [0.05, 0.1) is 6.10 Å². The Morgan fingerprint density at radius 1 is 1.09 bits per heavy atom. The predicted octanol–water partition coefficient (Wildman–Crippen LogP) is 1.80. The van der Waals surface area contributed by atoms with Gasteiger partial charge in [0.1, 0.15) is 0 Å². The molecule has 0 aliphatic rings. The van der Waals surface area contributed by atoms with E-state index >= 15 is 0 Å². The third-order valence-corrected chi connectivity index (χ3v) is 1.31. The van der Waals surface area contributed by atoms with Crippen LogP contribution in [0.3, 0.4) is 0 Å². The van der Waals surface area contributed by atoms with Crippen molar-refractivity contribution >= 4 is 0 Å². The minimum absolute atomic E-state index is 0.0648. The number of aliphatic hydroxyl groups is 2. The van der Waals surface area contributed by atoms with Gasteiger partial charge in [-0.25, -0.2) is 0 Å². The lowest BCUT2D eigenvalue weighted by Crippen LogP contribution is -1.99. The van der Waals surface area contributed by atoms with E-state index in [9.17, 15) is 0 Å². The summed E-state index contributed by atoms with van der Waals surface area (Å²) in [4.78, 5) is 0. The van der Waals surface area contributed by atoms with Crippen molar-refractivity contribution in [1.82, 2.24) is 0 Å². The molecule has 0 aliphatic heterocycles. The largest absolute Gasteiger partial charge is 0.396 e. The van der Waals surface area contributed by atoms with Crippen LogP contribution in [0.2, 0.25) is 0 Å². The fourth-order valence-electron chi connectivity index (χ4n) is 0.289. The molecule has 0 radical (unpaired) electrons. The van der Waals surface area contributed by atoms with Crippen LogP contribution in [0.4, 0.5) is 0 Å². The third-order valence-electron chi connectivity index (χ3n) is 1.31. The lowest BCUT2D eigenvalue weighted by Gasteiger charge is -1.98. The Kier molecular flexibility index (Phi) is 12.2.